The molecule has 0 bridgehead atoms. The number of hydrogen-bond acceptors (Lipinski definition) is 2. The van der Waals surface area contributed by atoms with Crippen molar-refractivity contribution in [2.75, 3.05) is 20.7 Å². The summed E-state index contributed by atoms with van der Waals surface area (Å²) in [5.41, 5.74) is 2.48. The van der Waals surface area contributed by atoms with E-state index in [0.29, 0.717) is 0 Å². The van der Waals surface area contributed by atoms with Crippen LogP contribution in [-0.2, 0) is 13.0 Å². The van der Waals surface area contributed by atoms with E-state index in [9.17, 15) is 0 Å². The standard InChI is InChI=1S/C18H22BrN3O/c1-20-18(22-13-15-3-7-16(19)8-4-15)21-12-11-14-5-9-17(23-2)10-6-14/h3-10H,11-13H2,1-2H3,(H2,20,21,22). The molecule has 0 amide bonds. The molecule has 2 rings (SSSR count). The van der Waals surface area contributed by atoms with Crippen molar-refractivity contribution in [2.24, 2.45) is 4.99 Å². The Balaban J connectivity index is 1.75. The Bertz CT molecular complexity index is 624. The van der Waals surface area contributed by atoms with Crippen molar-refractivity contribution in [3.05, 3.63) is 64.1 Å². The molecule has 0 atom stereocenters. The van der Waals surface area contributed by atoms with E-state index in [2.05, 4.69) is 55.8 Å². The second-order valence-corrected chi connectivity index (χ2v) is 5.99. The zero-order chi connectivity index (χ0) is 16.5. The summed E-state index contributed by atoms with van der Waals surface area (Å²) in [7, 11) is 3.46. The molecule has 0 unspecified atom stereocenters. The van der Waals surface area contributed by atoms with Crippen molar-refractivity contribution >= 4 is 21.9 Å². The number of methoxy groups -OCH3 is 1. The molecule has 0 radical (unpaired) electrons. The summed E-state index contributed by atoms with van der Waals surface area (Å²) in [4.78, 5) is 4.24. The van der Waals surface area contributed by atoms with Crippen LogP contribution in [0.1, 0.15) is 11.1 Å². The van der Waals surface area contributed by atoms with Crippen LogP contribution in [-0.4, -0.2) is 26.7 Å². The predicted molar refractivity (Wildman–Crippen MR) is 99.0 cm³/mol. The SMILES string of the molecule is CN=C(NCCc1ccc(OC)cc1)NCc1ccc(Br)cc1. The largest absolute Gasteiger partial charge is 0.497 e. The molecule has 0 saturated carbocycles. The number of hydrogen-bond donors (Lipinski definition) is 2. The monoisotopic (exact) mass is 375 g/mol. The van der Waals surface area contributed by atoms with E-state index >= 15 is 0 Å². The second kappa shape index (κ2) is 9.20. The van der Waals surface area contributed by atoms with Crippen molar-refractivity contribution in [2.45, 2.75) is 13.0 Å². The predicted octanol–water partition coefficient (Wildman–Crippen LogP) is 3.37. The summed E-state index contributed by atoms with van der Waals surface area (Å²) in [6.07, 6.45) is 0.934. The zero-order valence-corrected chi connectivity index (χ0v) is 15.1. The summed E-state index contributed by atoms with van der Waals surface area (Å²) in [6, 6.07) is 16.4. The van der Waals surface area contributed by atoms with Gasteiger partial charge in [0, 0.05) is 24.6 Å². The number of nitrogens with one attached hydrogen (secondary N) is 2. The van der Waals surface area contributed by atoms with Crippen LogP contribution in [0.15, 0.2) is 58.0 Å². The Kier molecular flexibility index (Phi) is 6.94. The Morgan fingerprint density at radius 3 is 2.26 bits per heavy atom. The van der Waals surface area contributed by atoms with Gasteiger partial charge in [-0.1, -0.05) is 40.2 Å². The molecule has 0 fully saturated rings. The van der Waals surface area contributed by atoms with Gasteiger partial charge >= 0.3 is 0 Å². The van der Waals surface area contributed by atoms with Crippen LogP contribution in [0.5, 0.6) is 5.75 Å². The quantitative estimate of drug-likeness (QED) is 0.600. The van der Waals surface area contributed by atoms with Crippen molar-refractivity contribution in [1.29, 1.82) is 0 Å². The fourth-order valence-electron chi connectivity index (χ4n) is 2.13. The van der Waals surface area contributed by atoms with Crippen LogP contribution in [0.4, 0.5) is 0 Å². The highest BCUT2D eigenvalue weighted by Crippen LogP contribution is 2.11. The van der Waals surface area contributed by atoms with Gasteiger partial charge in [-0.05, 0) is 41.8 Å². The topological polar surface area (TPSA) is 45.7 Å². The number of ether oxygens (including phenoxy) is 1. The number of guanidine groups is 1. The number of aliphatic imine (C=N–C) groups is 1. The van der Waals surface area contributed by atoms with Crippen LogP contribution in [0.3, 0.4) is 0 Å². The van der Waals surface area contributed by atoms with Gasteiger partial charge in [-0.15, -0.1) is 0 Å². The Labute approximate surface area is 146 Å². The number of nitrogens with zero attached hydrogens (tertiary/aromatic N) is 1. The van der Waals surface area contributed by atoms with Gasteiger partial charge in [-0.3, -0.25) is 4.99 Å². The summed E-state index contributed by atoms with van der Waals surface area (Å²) in [5.74, 6) is 1.69. The molecule has 0 aliphatic carbocycles. The summed E-state index contributed by atoms with van der Waals surface area (Å²) in [5, 5.41) is 6.64. The maximum atomic E-state index is 5.16. The first-order valence-corrected chi connectivity index (χ1v) is 8.32. The number of halogens is 1. The van der Waals surface area contributed by atoms with E-state index in [4.69, 9.17) is 4.74 Å². The van der Waals surface area contributed by atoms with Crippen LogP contribution in [0.25, 0.3) is 0 Å². The lowest BCUT2D eigenvalue weighted by molar-refractivity contribution is 0.414. The van der Waals surface area contributed by atoms with E-state index in [1.165, 1.54) is 11.1 Å². The minimum Gasteiger partial charge on any atom is -0.497 e. The molecule has 5 heteroatoms. The van der Waals surface area contributed by atoms with Gasteiger partial charge in [0.05, 0.1) is 7.11 Å². The highest BCUT2D eigenvalue weighted by molar-refractivity contribution is 9.10. The van der Waals surface area contributed by atoms with Crippen molar-refractivity contribution < 1.29 is 4.74 Å². The average Bonchev–Trinajstić information content (AvgIpc) is 2.60. The molecule has 4 nitrogen and oxygen atoms in total. The molecule has 0 spiro atoms. The van der Waals surface area contributed by atoms with Gasteiger partial charge in [-0.2, -0.15) is 0 Å². The van der Waals surface area contributed by atoms with E-state index < -0.39 is 0 Å². The van der Waals surface area contributed by atoms with Crippen LogP contribution >= 0.6 is 15.9 Å². The van der Waals surface area contributed by atoms with Crippen LogP contribution in [0, 0.1) is 0 Å². The van der Waals surface area contributed by atoms with Gasteiger partial charge in [0.15, 0.2) is 5.96 Å². The van der Waals surface area contributed by atoms with Crippen LogP contribution in [0.2, 0.25) is 0 Å². The first-order chi connectivity index (χ1) is 11.2. The van der Waals surface area contributed by atoms with E-state index in [-0.39, 0.29) is 0 Å². The normalized spacial score (nSPS) is 11.2. The summed E-state index contributed by atoms with van der Waals surface area (Å²) >= 11 is 3.44. The molecule has 2 N–H and O–H groups in total. The molecule has 0 aromatic heterocycles. The highest BCUT2D eigenvalue weighted by atomic mass is 79.9. The summed E-state index contributed by atoms with van der Waals surface area (Å²) < 4.78 is 6.25. The minimum atomic E-state index is 0.746. The van der Waals surface area contributed by atoms with E-state index in [0.717, 1.165) is 35.7 Å². The van der Waals surface area contributed by atoms with Gasteiger partial charge in [0.25, 0.3) is 0 Å². The third-order valence-corrected chi connectivity index (χ3v) is 3.99. The third-order valence-electron chi connectivity index (χ3n) is 3.46. The average molecular weight is 376 g/mol. The fourth-order valence-corrected chi connectivity index (χ4v) is 2.39. The molecule has 0 heterocycles. The van der Waals surface area contributed by atoms with E-state index in [1.807, 2.05) is 24.3 Å². The number of rotatable bonds is 6. The molecule has 0 aliphatic rings. The third kappa shape index (κ3) is 5.94. The molecule has 2 aromatic carbocycles. The Morgan fingerprint density at radius 2 is 1.65 bits per heavy atom. The highest BCUT2D eigenvalue weighted by Gasteiger charge is 1.99. The Hall–Kier alpha value is -2.01. The van der Waals surface area contributed by atoms with E-state index in [1.54, 1.807) is 14.2 Å². The molecular weight excluding hydrogens is 354 g/mol. The van der Waals surface area contributed by atoms with Gasteiger partial charge in [0.2, 0.25) is 0 Å². The van der Waals surface area contributed by atoms with Crippen molar-refractivity contribution in [3.8, 4) is 5.75 Å². The zero-order valence-electron chi connectivity index (χ0n) is 13.5. The maximum Gasteiger partial charge on any atom is 0.191 e. The molecule has 2 aromatic rings. The first-order valence-electron chi connectivity index (χ1n) is 7.53. The fraction of sp³-hybridized carbons (Fsp3) is 0.278. The lowest BCUT2D eigenvalue weighted by atomic mass is 10.1. The number of benzene rings is 2. The molecule has 0 aliphatic heterocycles. The molecule has 23 heavy (non-hydrogen) atoms. The Morgan fingerprint density at radius 1 is 1.00 bits per heavy atom. The minimum absolute atomic E-state index is 0.746. The van der Waals surface area contributed by atoms with Crippen molar-refractivity contribution in [1.82, 2.24) is 10.6 Å². The first kappa shape index (κ1) is 17.3. The molecule has 0 saturated heterocycles. The second-order valence-electron chi connectivity index (χ2n) is 5.08. The summed E-state index contributed by atoms with van der Waals surface area (Å²) in [6.45, 7) is 1.57. The molecule has 122 valence electrons. The van der Waals surface area contributed by atoms with Gasteiger partial charge in [0.1, 0.15) is 5.75 Å². The smallest absolute Gasteiger partial charge is 0.191 e. The molecular formula is C18H22BrN3O. The van der Waals surface area contributed by atoms with Crippen LogP contribution < -0.4 is 15.4 Å². The van der Waals surface area contributed by atoms with Gasteiger partial charge in [-0.25, -0.2) is 0 Å². The lowest BCUT2D eigenvalue weighted by Crippen LogP contribution is -2.37. The van der Waals surface area contributed by atoms with Gasteiger partial charge < -0.3 is 15.4 Å². The maximum absolute atomic E-state index is 5.16. The van der Waals surface area contributed by atoms with Crippen molar-refractivity contribution in [3.63, 3.8) is 0 Å². The lowest BCUT2D eigenvalue weighted by Gasteiger charge is -2.12.